The van der Waals surface area contributed by atoms with Crippen LogP contribution in [0.3, 0.4) is 0 Å². The van der Waals surface area contributed by atoms with E-state index < -0.39 is 11.7 Å². The number of halogens is 2. The summed E-state index contributed by atoms with van der Waals surface area (Å²) in [5.74, 6) is 0. The van der Waals surface area contributed by atoms with Crippen molar-refractivity contribution >= 4 is 46.0 Å². The lowest BCUT2D eigenvalue weighted by atomic mass is 10.1. The van der Waals surface area contributed by atoms with E-state index in [1.165, 1.54) is 23.3 Å². The number of hydrogen-bond acceptors (Lipinski definition) is 3. The fourth-order valence-electron chi connectivity index (χ4n) is 3.13. The molecule has 1 amide bonds. The molecule has 2 heterocycles. The summed E-state index contributed by atoms with van der Waals surface area (Å²) in [4.78, 5) is 29.6. The van der Waals surface area contributed by atoms with Crippen molar-refractivity contribution in [1.29, 1.82) is 0 Å². The third-order valence-corrected chi connectivity index (χ3v) is 4.99. The van der Waals surface area contributed by atoms with Gasteiger partial charge in [0.1, 0.15) is 0 Å². The molecule has 8 heteroatoms. The molecule has 25 heavy (non-hydrogen) atoms. The SMILES string of the molecule is CN1Cc2ccc(NC(=O)n3c(=O)[nH]c4cc(Cl)c(Cl)cc43)cc2C1. The Bertz CT molecular complexity index is 1070. The number of benzene rings is 2. The number of hydrogen-bond donors (Lipinski definition) is 2. The van der Waals surface area contributed by atoms with Crippen LogP contribution in [0, 0.1) is 0 Å². The van der Waals surface area contributed by atoms with Crippen molar-refractivity contribution in [3.05, 3.63) is 62.0 Å². The molecule has 0 radical (unpaired) electrons. The van der Waals surface area contributed by atoms with Gasteiger partial charge < -0.3 is 10.3 Å². The lowest BCUT2D eigenvalue weighted by Crippen LogP contribution is -2.29. The summed E-state index contributed by atoms with van der Waals surface area (Å²) in [5.41, 5.74) is 3.32. The summed E-state index contributed by atoms with van der Waals surface area (Å²) in [6.45, 7) is 1.73. The summed E-state index contributed by atoms with van der Waals surface area (Å²) in [7, 11) is 2.04. The molecule has 4 rings (SSSR count). The van der Waals surface area contributed by atoms with Crippen LogP contribution in [-0.4, -0.2) is 27.5 Å². The zero-order valence-electron chi connectivity index (χ0n) is 13.3. The summed E-state index contributed by atoms with van der Waals surface area (Å²) in [6.07, 6.45) is 0. The monoisotopic (exact) mass is 376 g/mol. The normalized spacial score (nSPS) is 14.0. The van der Waals surface area contributed by atoms with E-state index in [-0.39, 0.29) is 5.02 Å². The standard InChI is InChI=1S/C17H14Cl2N4O2/c1-22-7-9-2-3-11(4-10(9)8-22)20-16(24)23-15-6-13(19)12(18)5-14(15)21-17(23)25/h2-6H,7-8H2,1H3,(H,20,24)(H,21,25). The van der Waals surface area contributed by atoms with Gasteiger partial charge in [0.2, 0.25) is 0 Å². The van der Waals surface area contributed by atoms with Gasteiger partial charge in [0, 0.05) is 18.8 Å². The van der Waals surface area contributed by atoms with Gasteiger partial charge in [-0.05, 0) is 42.4 Å². The van der Waals surface area contributed by atoms with E-state index in [1.54, 1.807) is 0 Å². The van der Waals surface area contributed by atoms with Gasteiger partial charge in [0.05, 0.1) is 21.1 Å². The molecule has 6 nitrogen and oxygen atoms in total. The molecule has 0 bridgehead atoms. The Labute approximate surface area is 153 Å². The number of fused-ring (bicyclic) bond motifs is 2. The fraction of sp³-hybridized carbons (Fsp3) is 0.176. The van der Waals surface area contributed by atoms with E-state index in [4.69, 9.17) is 23.2 Å². The minimum absolute atomic E-state index is 0.273. The van der Waals surface area contributed by atoms with Gasteiger partial charge in [0.25, 0.3) is 0 Å². The highest BCUT2D eigenvalue weighted by Crippen LogP contribution is 2.27. The summed E-state index contributed by atoms with van der Waals surface area (Å²) < 4.78 is 1.01. The van der Waals surface area contributed by atoms with Gasteiger partial charge in [-0.3, -0.25) is 4.90 Å². The van der Waals surface area contributed by atoms with E-state index in [0.717, 1.165) is 17.7 Å². The number of rotatable bonds is 1. The molecular formula is C17H14Cl2N4O2. The van der Waals surface area contributed by atoms with Crippen LogP contribution in [-0.2, 0) is 13.1 Å². The molecule has 0 fully saturated rings. The Morgan fingerprint density at radius 1 is 1.12 bits per heavy atom. The van der Waals surface area contributed by atoms with Crippen LogP contribution in [0.1, 0.15) is 11.1 Å². The molecule has 0 saturated heterocycles. The van der Waals surface area contributed by atoms with Crippen molar-refractivity contribution in [2.24, 2.45) is 0 Å². The molecule has 1 aliphatic rings. The predicted octanol–water partition coefficient (Wildman–Crippen LogP) is 3.66. The summed E-state index contributed by atoms with van der Waals surface area (Å²) in [6, 6.07) is 8.22. The number of nitrogens with one attached hydrogen (secondary N) is 2. The van der Waals surface area contributed by atoms with Gasteiger partial charge in [-0.25, -0.2) is 14.2 Å². The first-order chi connectivity index (χ1) is 11.9. The van der Waals surface area contributed by atoms with E-state index in [0.29, 0.717) is 21.7 Å². The van der Waals surface area contributed by atoms with Crippen LogP contribution in [0.15, 0.2) is 35.1 Å². The number of aromatic amines is 1. The molecule has 2 aromatic carbocycles. The van der Waals surface area contributed by atoms with E-state index in [1.807, 2.05) is 25.2 Å². The molecule has 1 aromatic heterocycles. The van der Waals surface area contributed by atoms with Crippen molar-refractivity contribution in [3.8, 4) is 0 Å². The molecule has 3 aromatic rings. The zero-order chi connectivity index (χ0) is 17.7. The van der Waals surface area contributed by atoms with Gasteiger partial charge in [-0.1, -0.05) is 29.3 Å². The van der Waals surface area contributed by atoms with Crippen LogP contribution >= 0.6 is 23.2 Å². The first-order valence-corrected chi connectivity index (χ1v) is 8.39. The van der Waals surface area contributed by atoms with Crippen molar-refractivity contribution < 1.29 is 4.79 Å². The number of nitrogens with zero attached hydrogens (tertiary/aromatic N) is 2. The number of imidazole rings is 1. The van der Waals surface area contributed by atoms with Gasteiger partial charge >= 0.3 is 11.7 Å². The van der Waals surface area contributed by atoms with Gasteiger partial charge in [0.15, 0.2) is 0 Å². The first-order valence-electron chi connectivity index (χ1n) is 7.64. The third-order valence-electron chi connectivity index (χ3n) is 4.27. The Balaban J connectivity index is 1.69. The lowest BCUT2D eigenvalue weighted by molar-refractivity contribution is 0.253. The molecular weight excluding hydrogens is 363 g/mol. The maximum Gasteiger partial charge on any atom is 0.334 e. The number of aromatic nitrogens is 2. The molecule has 1 aliphatic heterocycles. The maximum absolute atomic E-state index is 12.6. The smallest absolute Gasteiger partial charge is 0.307 e. The van der Waals surface area contributed by atoms with Crippen molar-refractivity contribution in [3.63, 3.8) is 0 Å². The minimum atomic E-state index is -0.555. The van der Waals surface area contributed by atoms with Gasteiger partial charge in [-0.15, -0.1) is 0 Å². The predicted molar refractivity (Wildman–Crippen MR) is 98.6 cm³/mol. The second-order valence-electron chi connectivity index (χ2n) is 6.13. The average Bonchev–Trinajstić information content (AvgIpc) is 3.05. The molecule has 0 saturated carbocycles. The highest BCUT2D eigenvalue weighted by Gasteiger charge is 2.18. The quantitative estimate of drug-likeness (QED) is 0.680. The molecule has 0 unspecified atom stereocenters. The molecule has 2 N–H and O–H groups in total. The second-order valence-corrected chi connectivity index (χ2v) is 6.95. The second kappa shape index (κ2) is 5.91. The average molecular weight is 377 g/mol. The summed E-state index contributed by atoms with van der Waals surface area (Å²) in [5, 5.41) is 3.35. The number of H-pyrrole nitrogens is 1. The highest BCUT2D eigenvalue weighted by atomic mass is 35.5. The highest BCUT2D eigenvalue weighted by molar-refractivity contribution is 6.42. The Hall–Kier alpha value is -2.28. The fourth-order valence-corrected chi connectivity index (χ4v) is 3.45. The van der Waals surface area contributed by atoms with E-state index >= 15 is 0 Å². The topological polar surface area (TPSA) is 70.1 Å². The van der Waals surface area contributed by atoms with Crippen molar-refractivity contribution in [2.45, 2.75) is 13.1 Å². The number of amides is 1. The van der Waals surface area contributed by atoms with E-state index in [2.05, 4.69) is 15.2 Å². The Morgan fingerprint density at radius 2 is 1.84 bits per heavy atom. The molecule has 0 spiro atoms. The van der Waals surface area contributed by atoms with Crippen LogP contribution in [0.25, 0.3) is 11.0 Å². The number of anilines is 1. The maximum atomic E-state index is 12.6. The van der Waals surface area contributed by atoms with Crippen LogP contribution < -0.4 is 11.0 Å². The largest absolute Gasteiger partial charge is 0.334 e. The first kappa shape index (κ1) is 16.2. The van der Waals surface area contributed by atoms with Crippen LogP contribution in [0.4, 0.5) is 10.5 Å². The number of carbonyl (C=O) groups is 1. The molecule has 128 valence electrons. The number of carbonyl (C=O) groups excluding carboxylic acids is 1. The van der Waals surface area contributed by atoms with Crippen molar-refractivity contribution in [1.82, 2.24) is 14.5 Å². The van der Waals surface area contributed by atoms with Crippen molar-refractivity contribution in [2.75, 3.05) is 12.4 Å². The lowest BCUT2D eigenvalue weighted by Gasteiger charge is -2.08. The zero-order valence-corrected chi connectivity index (χ0v) is 14.8. The van der Waals surface area contributed by atoms with Crippen LogP contribution in [0.5, 0.6) is 0 Å². The third kappa shape index (κ3) is 2.82. The Morgan fingerprint density at radius 3 is 2.64 bits per heavy atom. The summed E-state index contributed by atoms with van der Waals surface area (Å²) >= 11 is 12.0. The van der Waals surface area contributed by atoms with E-state index in [9.17, 15) is 9.59 Å². The van der Waals surface area contributed by atoms with Gasteiger partial charge in [-0.2, -0.15) is 0 Å². The molecule has 0 atom stereocenters. The van der Waals surface area contributed by atoms with Crippen LogP contribution in [0.2, 0.25) is 10.0 Å². The Kier molecular flexibility index (Phi) is 3.83. The minimum Gasteiger partial charge on any atom is -0.307 e. The molecule has 0 aliphatic carbocycles.